The summed E-state index contributed by atoms with van der Waals surface area (Å²) in [6.45, 7) is 1.78. The Labute approximate surface area is 193 Å². The van der Waals surface area contributed by atoms with Gasteiger partial charge in [-0.05, 0) is 37.3 Å². The molecule has 0 radical (unpaired) electrons. The fraction of sp³-hybridized carbons (Fsp3) is 0.609. The van der Waals surface area contributed by atoms with Crippen LogP contribution in [-0.4, -0.2) is 65.0 Å². The lowest BCUT2D eigenvalue weighted by Gasteiger charge is -2.34. The summed E-state index contributed by atoms with van der Waals surface area (Å²) in [5, 5.41) is 12.6. The maximum atomic E-state index is 12.7. The highest BCUT2D eigenvalue weighted by molar-refractivity contribution is 6.32. The molecule has 3 aliphatic rings. The molecule has 2 fully saturated rings. The van der Waals surface area contributed by atoms with E-state index in [1.807, 2.05) is 21.9 Å². The first kappa shape index (κ1) is 22.9. The van der Waals surface area contributed by atoms with Crippen LogP contribution < -0.4 is 10.1 Å². The quantitative estimate of drug-likeness (QED) is 0.550. The molecule has 174 valence electrons. The number of ether oxygens (including phenoxy) is 1. The van der Waals surface area contributed by atoms with Gasteiger partial charge in [-0.15, -0.1) is 0 Å². The molecule has 0 bridgehead atoms. The van der Waals surface area contributed by atoms with Crippen molar-refractivity contribution in [2.75, 3.05) is 26.3 Å². The second kappa shape index (κ2) is 10.5. The molecular weight excluding hydrogens is 432 g/mol. The van der Waals surface area contributed by atoms with Gasteiger partial charge in [-0.2, -0.15) is 0 Å². The molecule has 4 rings (SSSR count). The van der Waals surface area contributed by atoms with E-state index in [9.17, 15) is 14.7 Å². The molecule has 2 amide bonds. The minimum Gasteiger partial charge on any atom is -0.492 e. The standard InChI is InChI=1S/C23H31ClN4O4/c24-18-12-16-14-27-15-21(30)26-23(27)25-19(16)13-20(18)32-11-5-4-8-22(31)28(9-10-29)17-6-2-1-3-7-17/h12-13,17,29H,1-11,14-15H2,(H,25,26,30). The van der Waals surface area contributed by atoms with E-state index in [0.717, 1.165) is 49.8 Å². The third-order valence-corrected chi connectivity index (χ3v) is 6.62. The molecule has 1 saturated carbocycles. The maximum absolute atomic E-state index is 12.7. The van der Waals surface area contributed by atoms with E-state index in [1.54, 1.807) is 0 Å². The number of carbonyl (C=O) groups is 2. The van der Waals surface area contributed by atoms with Crippen LogP contribution >= 0.6 is 11.6 Å². The predicted molar refractivity (Wildman–Crippen MR) is 122 cm³/mol. The van der Waals surface area contributed by atoms with Gasteiger partial charge in [-0.1, -0.05) is 30.9 Å². The number of carbonyl (C=O) groups excluding carboxylic acids is 2. The lowest BCUT2D eigenvalue weighted by Crippen LogP contribution is -2.43. The molecule has 0 aromatic heterocycles. The van der Waals surface area contributed by atoms with Gasteiger partial charge in [-0.25, -0.2) is 4.99 Å². The number of amides is 2. The maximum Gasteiger partial charge on any atom is 0.246 e. The zero-order chi connectivity index (χ0) is 22.5. The van der Waals surface area contributed by atoms with Crippen molar-refractivity contribution in [1.29, 1.82) is 0 Å². The molecule has 8 nitrogen and oxygen atoms in total. The zero-order valence-electron chi connectivity index (χ0n) is 18.3. The first-order valence-corrected chi connectivity index (χ1v) is 11.9. The summed E-state index contributed by atoms with van der Waals surface area (Å²) in [6, 6.07) is 3.93. The Morgan fingerprint density at radius 3 is 2.84 bits per heavy atom. The minimum atomic E-state index is -0.0604. The van der Waals surface area contributed by atoms with E-state index in [1.165, 1.54) is 6.42 Å². The summed E-state index contributed by atoms with van der Waals surface area (Å²) in [5.41, 5.74) is 1.71. The topological polar surface area (TPSA) is 94.5 Å². The Kier molecular flexibility index (Phi) is 7.52. The summed E-state index contributed by atoms with van der Waals surface area (Å²) < 4.78 is 5.87. The van der Waals surface area contributed by atoms with Crippen molar-refractivity contribution in [2.24, 2.45) is 4.99 Å². The third-order valence-electron chi connectivity index (χ3n) is 6.33. The van der Waals surface area contributed by atoms with Crippen LogP contribution in [0.25, 0.3) is 0 Å². The summed E-state index contributed by atoms with van der Waals surface area (Å²) >= 11 is 6.40. The van der Waals surface area contributed by atoms with Gasteiger partial charge in [0.2, 0.25) is 17.8 Å². The first-order chi connectivity index (χ1) is 15.5. The zero-order valence-corrected chi connectivity index (χ0v) is 19.1. The molecule has 1 saturated heterocycles. The Morgan fingerprint density at radius 1 is 1.25 bits per heavy atom. The van der Waals surface area contributed by atoms with Crippen molar-refractivity contribution in [1.82, 2.24) is 15.1 Å². The average Bonchev–Trinajstić information content (AvgIpc) is 3.15. The van der Waals surface area contributed by atoms with Crippen molar-refractivity contribution in [3.8, 4) is 5.75 Å². The molecule has 0 unspecified atom stereocenters. The van der Waals surface area contributed by atoms with Crippen LogP contribution in [0, 0.1) is 0 Å². The fourth-order valence-corrected chi connectivity index (χ4v) is 4.92. The average molecular weight is 463 g/mol. The molecule has 2 heterocycles. The Morgan fingerprint density at radius 2 is 2.06 bits per heavy atom. The molecule has 1 aromatic rings. The van der Waals surface area contributed by atoms with Gasteiger partial charge in [0, 0.05) is 31.6 Å². The number of unbranched alkanes of at least 4 members (excludes halogenated alkanes) is 1. The number of fused-ring (bicyclic) bond motifs is 2. The number of aliphatic hydroxyl groups excluding tert-OH is 1. The number of rotatable bonds is 9. The molecule has 1 aliphatic carbocycles. The van der Waals surface area contributed by atoms with Gasteiger partial charge < -0.3 is 19.6 Å². The highest BCUT2D eigenvalue weighted by atomic mass is 35.5. The van der Waals surface area contributed by atoms with Gasteiger partial charge in [0.25, 0.3) is 0 Å². The molecule has 32 heavy (non-hydrogen) atoms. The van der Waals surface area contributed by atoms with Crippen LogP contribution in [0.2, 0.25) is 5.02 Å². The second-order valence-corrected chi connectivity index (χ2v) is 9.07. The summed E-state index contributed by atoms with van der Waals surface area (Å²) in [5.74, 6) is 1.19. The Bertz CT molecular complexity index is 885. The summed E-state index contributed by atoms with van der Waals surface area (Å²) in [7, 11) is 0. The van der Waals surface area contributed by atoms with E-state index in [2.05, 4.69) is 10.3 Å². The fourth-order valence-electron chi connectivity index (χ4n) is 4.68. The summed E-state index contributed by atoms with van der Waals surface area (Å²) in [6.07, 6.45) is 7.54. The largest absolute Gasteiger partial charge is 0.492 e. The molecule has 0 atom stereocenters. The molecule has 9 heteroatoms. The second-order valence-electron chi connectivity index (χ2n) is 8.66. The molecule has 1 aromatic carbocycles. The Hall–Kier alpha value is -2.32. The smallest absolute Gasteiger partial charge is 0.246 e. The minimum absolute atomic E-state index is 0.00775. The van der Waals surface area contributed by atoms with E-state index in [4.69, 9.17) is 16.3 Å². The van der Waals surface area contributed by atoms with Gasteiger partial charge in [0.15, 0.2) is 0 Å². The number of aliphatic imine (C=N–C) groups is 1. The van der Waals surface area contributed by atoms with E-state index in [-0.39, 0.29) is 24.5 Å². The number of hydrogen-bond acceptors (Lipinski definition) is 6. The van der Waals surface area contributed by atoms with Crippen LogP contribution in [0.3, 0.4) is 0 Å². The van der Waals surface area contributed by atoms with Crippen LogP contribution in [0.15, 0.2) is 17.1 Å². The number of hydrogen-bond donors (Lipinski definition) is 2. The third kappa shape index (κ3) is 5.35. The number of halogens is 1. The lowest BCUT2D eigenvalue weighted by atomic mass is 9.94. The van der Waals surface area contributed by atoms with Crippen molar-refractivity contribution in [3.05, 3.63) is 22.7 Å². The monoisotopic (exact) mass is 462 g/mol. The number of nitrogens with zero attached hydrogens (tertiary/aromatic N) is 3. The molecule has 2 N–H and O–H groups in total. The van der Waals surface area contributed by atoms with Gasteiger partial charge >= 0.3 is 0 Å². The van der Waals surface area contributed by atoms with Crippen molar-refractivity contribution >= 4 is 35.1 Å². The van der Waals surface area contributed by atoms with Crippen LogP contribution in [-0.2, 0) is 16.1 Å². The highest BCUT2D eigenvalue weighted by Crippen LogP contribution is 2.36. The van der Waals surface area contributed by atoms with Gasteiger partial charge in [0.1, 0.15) is 12.3 Å². The highest BCUT2D eigenvalue weighted by Gasteiger charge is 2.29. The van der Waals surface area contributed by atoms with Crippen LogP contribution in [0.1, 0.15) is 56.9 Å². The number of nitrogens with one attached hydrogen (secondary N) is 1. The van der Waals surface area contributed by atoms with Crippen LogP contribution in [0.4, 0.5) is 5.69 Å². The number of benzene rings is 1. The van der Waals surface area contributed by atoms with Crippen LogP contribution in [0.5, 0.6) is 5.75 Å². The van der Waals surface area contributed by atoms with Gasteiger partial charge in [0.05, 0.1) is 23.9 Å². The number of guanidine groups is 1. The molecular formula is C23H31ClN4O4. The first-order valence-electron chi connectivity index (χ1n) is 11.5. The summed E-state index contributed by atoms with van der Waals surface area (Å²) in [4.78, 5) is 32.6. The molecule has 2 aliphatic heterocycles. The van der Waals surface area contributed by atoms with Gasteiger partial charge in [-0.3, -0.25) is 14.9 Å². The van der Waals surface area contributed by atoms with Crippen molar-refractivity contribution in [3.63, 3.8) is 0 Å². The van der Waals surface area contributed by atoms with E-state index >= 15 is 0 Å². The van der Waals surface area contributed by atoms with E-state index < -0.39 is 0 Å². The van der Waals surface area contributed by atoms with Crippen molar-refractivity contribution < 1.29 is 19.4 Å². The van der Waals surface area contributed by atoms with Crippen molar-refractivity contribution in [2.45, 2.75) is 64.0 Å². The lowest BCUT2D eigenvalue weighted by molar-refractivity contribution is -0.135. The van der Waals surface area contributed by atoms with E-state index in [0.29, 0.717) is 49.4 Å². The normalized spacial score (nSPS) is 18.0. The SMILES string of the molecule is O=C1CN2Cc3cc(Cl)c(OCCCCC(=O)N(CCO)C4CCCCC4)cc3N=C2N1. The molecule has 0 spiro atoms. The predicted octanol–water partition coefficient (Wildman–Crippen LogP) is 2.98. The Balaban J connectivity index is 1.26. The number of aliphatic hydroxyl groups is 1.